The number of rotatable bonds is 3. The fourth-order valence-electron chi connectivity index (χ4n) is 3.75. The normalized spacial score (nSPS) is 22.8. The predicted molar refractivity (Wildman–Crippen MR) is 98.5 cm³/mol. The monoisotopic (exact) mass is 344 g/mol. The number of fused-ring (bicyclic) bond motifs is 1. The number of carbonyl (C=O) groups is 1. The van der Waals surface area contributed by atoms with Gasteiger partial charge in [0, 0.05) is 24.4 Å². The highest BCUT2D eigenvalue weighted by molar-refractivity contribution is 7.99. The van der Waals surface area contributed by atoms with Gasteiger partial charge < -0.3 is 14.8 Å². The van der Waals surface area contributed by atoms with Crippen LogP contribution in [0.1, 0.15) is 29.6 Å². The van der Waals surface area contributed by atoms with E-state index in [0.717, 1.165) is 47.6 Å². The van der Waals surface area contributed by atoms with Gasteiger partial charge >= 0.3 is 0 Å². The highest BCUT2D eigenvalue weighted by Crippen LogP contribution is 2.22. The van der Waals surface area contributed by atoms with Crippen LogP contribution in [-0.2, 0) is 0 Å². The molecule has 1 atom stereocenters. The average Bonchev–Trinajstić information content (AvgIpc) is 3.22. The molecule has 0 saturated carbocycles. The van der Waals surface area contributed by atoms with Crippen LogP contribution in [0.5, 0.6) is 0 Å². The Morgan fingerprint density at radius 3 is 3.00 bits per heavy atom. The first-order chi connectivity index (χ1) is 11.8. The van der Waals surface area contributed by atoms with Crippen molar-refractivity contribution >= 4 is 28.7 Å². The zero-order chi connectivity index (χ0) is 16.4. The quantitative estimate of drug-likeness (QED) is 0.930. The number of aromatic nitrogens is 2. The number of thioether (sulfide) groups is 1. The van der Waals surface area contributed by atoms with Crippen molar-refractivity contribution in [2.75, 3.05) is 37.7 Å². The summed E-state index contributed by atoms with van der Waals surface area (Å²) in [6, 6.07) is 6.10. The van der Waals surface area contributed by atoms with Gasteiger partial charge in [0.15, 0.2) is 0 Å². The molecular formula is C18H24N4OS. The summed E-state index contributed by atoms with van der Waals surface area (Å²) in [5.74, 6) is 2.37. The second-order valence-corrected chi connectivity index (χ2v) is 7.87. The summed E-state index contributed by atoms with van der Waals surface area (Å²) in [7, 11) is 0. The number of nitrogens with one attached hydrogen (secondary N) is 1. The Kier molecular flexibility index (Phi) is 4.76. The van der Waals surface area contributed by atoms with Crippen LogP contribution in [-0.4, -0.2) is 69.4 Å². The molecule has 128 valence electrons. The Balaban J connectivity index is 1.56. The highest BCUT2D eigenvalue weighted by Gasteiger charge is 2.29. The Morgan fingerprint density at radius 2 is 2.12 bits per heavy atom. The molecule has 3 heterocycles. The van der Waals surface area contributed by atoms with Crippen molar-refractivity contribution in [3.63, 3.8) is 0 Å². The Labute approximate surface area is 146 Å². The molecule has 1 unspecified atom stereocenters. The Bertz CT molecular complexity index is 710. The number of amides is 1. The van der Waals surface area contributed by atoms with Gasteiger partial charge in [-0.3, -0.25) is 4.79 Å². The van der Waals surface area contributed by atoms with E-state index in [1.165, 1.54) is 25.9 Å². The van der Waals surface area contributed by atoms with E-state index in [9.17, 15) is 4.79 Å². The minimum Gasteiger partial charge on any atom is -0.345 e. The molecule has 0 spiro atoms. The fraction of sp³-hybridized carbons (Fsp3) is 0.556. The number of imidazole rings is 1. The van der Waals surface area contributed by atoms with E-state index in [1.54, 1.807) is 6.33 Å². The van der Waals surface area contributed by atoms with Crippen LogP contribution in [0.25, 0.3) is 11.0 Å². The molecule has 2 aliphatic heterocycles. The minimum atomic E-state index is 0.165. The molecule has 2 aliphatic rings. The maximum Gasteiger partial charge on any atom is 0.254 e. The standard InChI is InChI=1S/C18H24N4OS/c23-18(14-4-5-16-17(10-14)20-13-19-16)22-8-3-9-24-12-15(22)11-21-6-1-2-7-21/h4-5,10,13,15H,1-3,6-9,11-12H2,(H,19,20). The molecule has 2 saturated heterocycles. The summed E-state index contributed by atoms with van der Waals surface area (Å²) in [5, 5.41) is 0. The Hall–Kier alpha value is -1.53. The summed E-state index contributed by atoms with van der Waals surface area (Å²) < 4.78 is 0. The zero-order valence-electron chi connectivity index (χ0n) is 13.9. The number of benzene rings is 1. The van der Waals surface area contributed by atoms with Crippen LogP contribution in [0.3, 0.4) is 0 Å². The van der Waals surface area contributed by atoms with Crippen LogP contribution in [0.4, 0.5) is 0 Å². The number of likely N-dealkylation sites (tertiary alicyclic amines) is 1. The van der Waals surface area contributed by atoms with Crippen LogP contribution < -0.4 is 0 Å². The highest BCUT2D eigenvalue weighted by atomic mass is 32.2. The molecule has 1 aromatic heterocycles. The van der Waals surface area contributed by atoms with Crippen LogP contribution in [0.2, 0.25) is 0 Å². The second-order valence-electron chi connectivity index (χ2n) is 6.72. The van der Waals surface area contributed by atoms with E-state index in [1.807, 2.05) is 30.0 Å². The fourth-order valence-corrected chi connectivity index (χ4v) is 4.80. The summed E-state index contributed by atoms with van der Waals surface area (Å²) in [5.41, 5.74) is 2.61. The van der Waals surface area contributed by atoms with Crippen molar-refractivity contribution in [1.29, 1.82) is 0 Å². The number of hydrogen-bond donors (Lipinski definition) is 1. The van der Waals surface area contributed by atoms with Crippen molar-refractivity contribution in [1.82, 2.24) is 19.8 Å². The molecule has 1 amide bonds. The van der Waals surface area contributed by atoms with Gasteiger partial charge in [-0.2, -0.15) is 11.8 Å². The molecule has 6 heteroatoms. The summed E-state index contributed by atoms with van der Waals surface area (Å²) in [4.78, 5) is 25.2. The van der Waals surface area contributed by atoms with Gasteiger partial charge in [-0.1, -0.05) is 0 Å². The lowest BCUT2D eigenvalue weighted by molar-refractivity contribution is 0.0667. The molecular weight excluding hydrogens is 320 g/mol. The average molecular weight is 344 g/mol. The van der Waals surface area contributed by atoms with Gasteiger partial charge in [0.05, 0.1) is 23.4 Å². The van der Waals surface area contributed by atoms with Gasteiger partial charge in [-0.25, -0.2) is 4.98 Å². The summed E-state index contributed by atoms with van der Waals surface area (Å²) >= 11 is 1.99. The van der Waals surface area contributed by atoms with Crippen LogP contribution in [0, 0.1) is 0 Å². The van der Waals surface area contributed by atoms with E-state index in [4.69, 9.17) is 0 Å². The van der Waals surface area contributed by atoms with Gasteiger partial charge in [0.25, 0.3) is 5.91 Å². The lowest BCUT2D eigenvalue weighted by Crippen LogP contribution is -2.47. The predicted octanol–water partition coefficient (Wildman–Crippen LogP) is 2.61. The molecule has 5 nitrogen and oxygen atoms in total. The van der Waals surface area contributed by atoms with Gasteiger partial charge in [-0.15, -0.1) is 0 Å². The molecule has 1 aromatic carbocycles. The minimum absolute atomic E-state index is 0.165. The molecule has 0 bridgehead atoms. The van der Waals surface area contributed by atoms with E-state index >= 15 is 0 Å². The lowest BCUT2D eigenvalue weighted by atomic mass is 10.1. The third-order valence-corrected chi connectivity index (χ3v) is 6.23. The first-order valence-electron chi connectivity index (χ1n) is 8.85. The maximum atomic E-state index is 13.2. The summed E-state index contributed by atoms with van der Waals surface area (Å²) in [6.45, 7) is 4.25. The molecule has 24 heavy (non-hydrogen) atoms. The van der Waals surface area contributed by atoms with Crippen molar-refractivity contribution in [2.24, 2.45) is 0 Å². The SMILES string of the molecule is O=C(c1ccc2nc[nH]c2c1)N1CCCSCC1CN1CCCC1. The Morgan fingerprint density at radius 1 is 1.25 bits per heavy atom. The first kappa shape index (κ1) is 16.0. The van der Waals surface area contributed by atoms with Gasteiger partial charge in [0.1, 0.15) is 0 Å². The van der Waals surface area contributed by atoms with E-state index in [0.29, 0.717) is 6.04 Å². The van der Waals surface area contributed by atoms with Crippen molar-refractivity contribution in [3.05, 3.63) is 30.1 Å². The largest absolute Gasteiger partial charge is 0.345 e. The molecule has 2 fully saturated rings. The summed E-state index contributed by atoms with van der Waals surface area (Å²) in [6.07, 6.45) is 5.35. The molecule has 1 N–H and O–H groups in total. The van der Waals surface area contributed by atoms with E-state index in [-0.39, 0.29) is 5.91 Å². The number of carbonyl (C=O) groups excluding carboxylic acids is 1. The van der Waals surface area contributed by atoms with Crippen molar-refractivity contribution in [2.45, 2.75) is 25.3 Å². The van der Waals surface area contributed by atoms with Crippen LogP contribution >= 0.6 is 11.8 Å². The molecule has 2 aromatic rings. The van der Waals surface area contributed by atoms with Crippen LogP contribution in [0.15, 0.2) is 24.5 Å². The van der Waals surface area contributed by atoms with E-state index in [2.05, 4.69) is 19.8 Å². The number of aromatic amines is 1. The second kappa shape index (κ2) is 7.15. The lowest BCUT2D eigenvalue weighted by Gasteiger charge is -2.32. The maximum absolute atomic E-state index is 13.2. The van der Waals surface area contributed by atoms with Crippen molar-refractivity contribution < 1.29 is 4.79 Å². The molecule has 0 radical (unpaired) electrons. The van der Waals surface area contributed by atoms with E-state index < -0.39 is 0 Å². The third-order valence-electron chi connectivity index (χ3n) is 5.03. The number of nitrogens with zero attached hydrogens (tertiary/aromatic N) is 3. The first-order valence-corrected chi connectivity index (χ1v) is 10.0. The molecule has 4 rings (SSSR count). The topological polar surface area (TPSA) is 52.2 Å². The number of H-pyrrole nitrogens is 1. The van der Waals surface area contributed by atoms with Gasteiger partial charge in [-0.05, 0) is 56.3 Å². The van der Waals surface area contributed by atoms with Crippen molar-refractivity contribution in [3.8, 4) is 0 Å². The third kappa shape index (κ3) is 3.30. The number of hydrogen-bond acceptors (Lipinski definition) is 4. The van der Waals surface area contributed by atoms with Gasteiger partial charge in [0.2, 0.25) is 0 Å². The smallest absolute Gasteiger partial charge is 0.254 e. The zero-order valence-corrected chi connectivity index (χ0v) is 14.7. The molecule has 0 aliphatic carbocycles.